The van der Waals surface area contributed by atoms with E-state index in [1.54, 1.807) is 0 Å². The van der Waals surface area contributed by atoms with Gasteiger partial charge in [-0.2, -0.15) is 4.58 Å². The highest BCUT2D eigenvalue weighted by Gasteiger charge is 2.44. The van der Waals surface area contributed by atoms with E-state index in [9.17, 15) is 0 Å². The van der Waals surface area contributed by atoms with E-state index >= 15 is 0 Å². The predicted molar refractivity (Wildman–Crippen MR) is 203 cm³/mol. The molecular weight excluding hydrogens is 556 g/mol. The maximum Gasteiger partial charge on any atom is 0.217 e. The van der Waals surface area contributed by atoms with Crippen molar-refractivity contribution in [2.45, 2.75) is 85.5 Å². The molecule has 0 N–H and O–H groups in total. The number of nitrogens with zero attached hydrogens (tertiary/aromatic N) is 2. The summed E-state index contributed by atoms with van der Waals surface area (Å²) in [5, 5.41) is 5.27. The lowest BCUT2D eigenvalue weighted by Gasteiger charge is -2.24. The van der Waals surface area contributed by atoms with Crippen molar-refractivity contribution >= 4 is 38.6 Å². The molecule has 0 saturated heterocycles. The third kappa shape index (κ3) is 5.57. The van der Waals surface area contributed by atoms with Gasteiger partial charge in [-0.15, -0.1) is 0 Å². The number of hydrogen-bond acceptors (Lipinski definition) is 1. The molecule has 0 aromatic heterocycles. The minimum Gasteiger partial charge on any atom is -0.347 e. The van der Waals surface area contributed by atoms with E-state index in [0.29, 0.717) is 0 Å². The van der Waals surface area contributed by atoms with Crippen molar-refractivity contribution in [3.05, 3.63) is 131 Å². The Hall–Kier alpha value is -4.17. The van der Waals surface area contributed by atoms with Crippen LogP contribution in [0.1, 0.15) is 85.8 Å². The average molecular weight is 610 g/mol. The molecule has 1 aliphatic carbocycles. The Kier molecular flexibility index (Phi) is 9.59. The van der Waals surface area contributed by atoms with Crippen molar-refractivity contribution < 1.29 is 4.58 Å². The molecule has 3 aliphatic rings. The molecule has 0 bridgehead atoms. The molecule has 4 aromatic rings. The Bertz CT molecular complexity index is 1920. The van der Waals surface area contributed by atoms with Gasteiger partial charge in [0.05, 0.1) is 16.5 Å². The molecule has 2 heteroatoms. The zero-order chi connectivity index (χ0) is 33.2. The smallest absolute Gasteiger partial charge is 0.217 e. The lowest BCUT2D eigenvalue weighted by molar-refractivity contribution is -0.399. The maximum absolute atomic E-state index is 2.42. The molecule has 7 rings (SSSR count). The fraction of sp³-hybridized carbons (Fsp3) is 0.341. The van der Waals surface area contributed by atoms with Crippen LogP contribution < -0.4 is 4.90 Å². The number of rotatable bonds is 3. The van der Waals surface area contributed by atoms with E-state index in [4.69, 9.17) is 0 Å². The lowest BCUT2D eigenvalue weighted by Crippen LogP contribution is -2.26. The number of anilines is 1. The van der Waals surface area contributed by atoms with Gasteiger partial charge in [0.25, 0.3) is 0 Å². The normalized spacial score (nSPS) is 19.6. The van der Waals surface area contributed by atoms with Crippen LogP contribution in [-0.2, 0) is 10.8 Å². The topological polar surface area (TPSA) is 6.25 Å². The Morgan fingerprint density at radius 2 is 1.28 bits per heavy atom. The van der Waals surface area contributed by atoms with Crippen LogP contribution in [0.25, 0.3) is 21.5 Å². The van der Waals surface area contributed by atoms with Gasteiger partial charge >= 0.3 is 0 Å². The molecular formula is C44H53N2+. The standard InChI is InChI=1S/C40H41N2.2C2H6/c1-39(2)33-22-20-29-14-7-9-16-31(29)37(33)41(5)35(39)24-18-27-12-11-13-28(26-27)19-25-36-40(3,4)34-23-21-30-15-8-10-17-32(30)38(34)42(36)6;2*1-2/h7-10,14-26H,11-13H2,1-6H3;2*1-2H3/q+1;;. The Balaban J connectivity index is 0.00000100. The second-order valence-electron chi connectivity index (χ2n) is 13.3. The first-order valence-electron chi connectivity index (χ1n) is 17.4. The monoisotopic (exact) mass is 609 g/mol. The van der Waals surface area contributed by atoms with E-state index in [1.807, 2.05) is 27.7 Å². The highest BCUT2D eigenvalue weighted by atomic mass is 15.2. The summed E-state index contributed by atoms with van der Waals surface area (Å²) in [6.07, 6.45) is 15.3. The van der Waals surface area contributed by atoms with Crippen LogP contribution in [0.2, 0.25) is 0 Å². The third-order valence-corrected chi connectivity index (χ3v) is 10.0. The first-order chi connectivity index (χ1) is 22.2. The summed E-state index contributed by atoms with van der Waals surface area (Å²) in [7, 11) is 4.46. The number of likely N-dealkylation sites (N-methyl/N-ethyl adjacent to an activating group) is 1. The molecule has 0 saturated carbocycles. The molecule has 2 heterocycles. The van der Waals surface area contributed by atoms with Crippen LogP contribution in [0.15, 0.2) is 120 Å². The van der Waals surface area contributed by atoms with E-state index in [2.05, 4.69) is 154 Å². The SMILES string of the molecule is CC.CC.CN1/C(=C/C=C2C=C(/C=C/C3=[N+](C)c4c(ccc5ccccc45)C3(C)C)CCC/2)C(C)(C)c2ccc3ccccc3c21. The third-order valence-electron chi connectivity index (χ3n) is 10.0. The molecule has 4 aromatic carbocycles. The highest BCUT2D eigenvalue weighted by molar-refractivity contribution is 6.07. The second-order valence-corrected chi connectivity index (χ2v) is 13.3. The van der Waals surface area contributed by atoms with E-state index in [1.165, 1.54) is 73.0 Å². The summed E-state index contributed by atoms with van der Waals surface area (Å²) in [5.74, 6) is 0. The van der Waals surface area contributed by atoms with Crippen molar-refractivity contribution in [1.82, 2.24) is 0 Å². The van der Waals surface area contributed by atoms with Gasteiger partial charge < -0.3 is 4.90 Å². The van der Waals surface area contributed by atoms with Gasteiger partial charge in [0.1, 0.15) is 7.05 Å². The number of allylic oxidation sites excluding steroid dienone is 8. The van der Waals surface area contributed by atoms with Gasteiger partial charge in [-0.1, -0.05) is 127 Å². The molecule has 0 radical (unpaired) electrons. The van der Waals surface area contributed by atoms with Gasteiger partial charge in [0.2, 0.25) is 5.69 Å². The molecule has 0 spiro atoms. The summed E-state index contributed by atoms with van der Waals surface area (Å²) in [4.78, 5) is 2.41. The Morgan fingerprint density at radius 1 is 0.674 bits per heavy atom. The average Bonchev–Trinajstić information content (AvgIpc) is 3.41. The Morgan fingerprint density at radius 3 is 1.98 bits per heavy atom. The van der Waals surface area contributed by atoms with Gasteiger partial charge in [0, 0.05) is 35.2 Å². The minimum absolute atomic E-state index is 0.0409. The maximum atomic E-state index is 2.42. The lowest BCUT2D eigenvalue weighted by atomic mass is 9.80. The van der Waals surface area contributed by atoms with E-state index in [0.717, 1.165) is 12.8 Å². The fourth-order valence-electron chi connectivity index (χ4n) is 7.75. The zero-order valence-corrected chi connectivity index (χ0v) is 29.8. The van der Waals surface area contributed by atoms with Crippen molar-refractivity contribution in [3.8, 4) is 0 Å². The van der Waals surface area contributed by atoms with Gasteiger partial charge in [-0.25, -0.2) is 0 Å². The van der Waals surface area contributed by atoms with Gasteiger partial charge in [0.15, 0.2) is 5.71 Å². The van der Waals surface area contributed by atoms with Crippen LogP contribution in [-0.4, -0.2) is 24.4 Å². The van der Waals surface area contributed by atoms with Crippen molar-refractivity contribution in [3.63, 3.8) is 0 Å². The number of hydrogen-bond donors (Lipinski definition) is 0. The molecule has 2 nitrogen and oxygen atoms in total. The van der Waals surface area contributed by atoms with Crippen LogP contribution >= 0.6 is 0 Å². The second kappa shape index (κ2) is 13.3. The molecule has 0 atom stereocenters. The van der Waals surface area contributed by atoms with Crippen LogP contribution in [0, 0.1) is 0 Å². The fourth-order valence-corrected chi connectivity index (χ4v) is 7.75. The van der Waals surface area contributed by atoms with Gasteiger partial charge in [-0.05, 0) is 72.7 Å². The zero-order valence-electron chi connectivity index (χ0n) is 29.8. The summed E-state index contributed by atoms with van der Waals surface area (Å²) in [6.45, 7) is 17.4. The van der Waals surface area contributed by atoms with Crippen molar-refractivity contribution in [1.29, 1.82) is 0 Å². The van der Waals surface area contributed by atoms with Crippen LogP contribution in [0.5, 0.6) is 0 Å². The highest BCUT2D eigenvalue weighted by Crippen LogP contribution is 2.50. The largest absolute Gasteiger partial charge is 0.347 e. The molecule has 238 valence electrons. The summed E-state index contributed by atoms with van der Waals surface area (Å²) in [5.41, 5.74) is 11.0. The summed E-state index contributed by atoms with van der Waals surface area (Å²) < 4.78 is 2.41. The first-order valence-corrected chi connectivity index (χ1v) is 17.4. The molecule has 0 amide bonds. The number of benzene rings is 4. The van der Waals surface area contributed by atoms with Crippen molar-refractivity contribution in [2.75, 3.05) is 19.0 Å². The molecule has 0 fully saturated rings. The Labute approximate surface area is 278 Å². The molecule has 46 heavy (non-hydrogen) atoms. The van der Waals surface area contributed by atoms with Crippen molar-refractivity contribution in [2.24, 2.45) is 0 Å². The van der Waals surface area contributed by atoms with Crippen LogP contribution in [0.3, 0.4) is 0 Å². The number of fused-ring (bicyclic) bond motifs is 6. The van der Waals surface area contributed by atoms with E-state index < -0.39 is 0 Å². The van der Waals surface area contributed by atoms with E-state index in [-0.39, 0.29) is 10.8 Å². The first kappa shape index (κ1) is 33.2. The summed E-state index contributed by atoms with van der Waals surface area (Å²) in [6, 6.07) is 26.7. The minimum atomic E-state index is -0.0409. The molecule has 2 aliphatic heterocycles. The molecule has 0 unspecified atom stereocenters. The predicted octanol–water partition coefficient (Wildman–Crippen LogP) is 12.0. The quantitative estimate of drug-likeness (QED) is 0.209. The van der Waals surface area contributed by atoms with Gasteiger partial charge in [-0.3, -0.25) is 0 Å². The van der Waals surface area contributed by atoms with Crippen LogP contribution in [0.4, 0.5) is 11.4 Å². The summed E-state index contributed by atoms with van der Waals surface area (Å²) >= 11 is 0.